The second-order valence-corrected chi connectivity index (χ2v) is 4.74. The highest BCUT2D eigenvalue weighted by Crippen LogP contribution is 2.36. The van der Waals surface area contributed by atoms with Crippen molar-refractivity contribution in [2.75, 3.05) is 5.88 Å². The molecular formula is C11H20ClNO. The molecule has 3 heteroatoms. The number of nitrogens with one attached hydrogen (secondary N) is 1. The Bertz CT molecular complexity index is 192. The summed E-state index contributed by atoms with van der Waals surface area (Å²) in [6, 6.07) is 0.266. The number of hydrogen-bond donors (Lipinski definition) is 1. The van der Waals surface area contributed by atoms with E-state index in [-0.39, 0.29) is 17.9 Å². The number of halogens is 1. The summed E-state index contributed by atoms with van der Waals surface area (Å²) in [7, 11) is 0. The minimum absolute atomic E-state index is 0.202. The molecule has 1 amide bonds. The molecule has 1 fully saturated rings. The van der Waals surface area contributed by atoms with Crippen LogP contribution in [-0.4, -0.2) is 17.8 Å². The van der Waals surface area contributed by atoms with E-state index < -0.39 is 0 Å². The summed E-state index contributed by atoms with van der Waals surface area (Å²) in [5.74, 6) is 1.75. The van der Waals surface area contributed by atoms with E-state index in [0.29, 0.717) is 11.8 Å². The van der Waals surface area contributed by atoms with Gasteiger partial charge in [-0.2, -0.15) is 0 Å². The topological polar surface area (TPSA) is 29.1 Å². The summed E-state index contributed by atoms with van der Waals surface area (Å²) in [6.07, 6.45) is 4.41. The van der Waals surface area contributed by atoms with Gasteiger partial charge >= 0.3 is 0 Å². The molecule has 1 rings (SSSR count). The Morgan fingerprint density at radius 1 is 1.50 bits per heavy atom. The molecule has 0 aromatic carbocycles. The Hall–Kier alpha value is -0.240. The molecule has 2 atom stereocenters. The Labute approximate surface area is 91.4 Å². The van der Waals surface area contributed by atoms with Gasteiger partial charge in [0.1, 0.15) is 0 Å². The maximum absolute atomic E-state index is 11.7. The first-order valence-electron chi connectivity index (χ1n) is 5.51. The molecule has 0 radical (unpaired) electrons. The average Bonchev–Trinajstić information content (AvgIpc) is 2.96. The molecule has 82 valence electrons. The van der Waals surface area contributed by atoms with E-state index in [2.05, 4.69) is 5.32 Å². The van der Waals surface area contributed by atoms with Gasteiger partial charge in [-0.3, -0.25) is 4.79 Å². The number of rotatable bonds is 6. The summed E-state index contributed by atoms with van der Waals surface area (Å²) < 4.78 is 0. The summed E-state index contributed by atoms with van der Waals surface area (Å²) in [5, 5.41) is 3.04. The van der Waals surface area contributed by atoms with Crippen molar-refractivity contribution in [1.82, 2.24) is 5.32 Å². The van der Waals surface area contributed by atoms with Crippen LogP contribution in [0.15, 0.2) is 0 Å². The third kappa shape index (κ3) is 3.87. The van der Waals surface area contributed by atoms with E-state index in [1.54, 1.807) is 0 Å². The molecule has 14 heavy (non-hydrogen) atoms. The van der Waals surface area contributed by atoms with Gasteiger partial charge in [0, 0.05) is 17.8 Å². The molecule has 1 N–H and O–H groups in total. The van der Waals surface area contributed by atoms with E-state index >= 15 is 0 Å². The van der Waals surface area contributed by atoms with E-state index in [0.717, 1.165) is 12.8 Å². The smallest absolute Gasteiger partial charge is 0.223 e. The normalized spacial score (nSPS) is 20.2. The lowest BCUT2D eigenvalue weighted by atomic mass is 10.0. The van der Waals surface area contributed by atoms with Gasteiger partial charge in [0.15, 0.2) is 0 Å². The zero-order chi connectivity index (χ0) is 10.6. The lowest BCUT2D eigenvalue weighted by Gasteiger charge is -2.16. The van der Waals surface area contributed by atoms with Gasteiger partial charge in [-0.25, -0.2) is 0 Å². The van der Waals surface area contributed by atoms with Crippen molar-refractivity contribution in [3.63, 3.8) is 0 Å². The lowest BCUT2D eigenvalue weighted by molar-refractivity contribution is -0.125. The predicted molar refractivity (Wildman–Crippen MR) is 59.4 cm³/mol. The minimum atomic E-state index is 0.202. The van der Waals surface area contributed by atoms with Gasteiger partial charge in [-0.05, 0) is 38.5 Å². The molecule has 1 aliphatic rings. The average molecular weight is 218 g/mol. The monoisotopic (exact) mass is 217 g/mol. The van der Waals surface area contributed by atoms with Crippen molar-refractivity contribution in [3.8, 4) is 0 Å². The van der Waals surface area contributed by atoms with Crippen LogP contribution >= 0.6 is 11.6 Å². The van der Waals surface area contributed by atoms with Crippen molar-refractivity contribution in [3.05, 3.63) is 0 Å². The highest BCUT2D eigenvalue weighted by molar-refractivity contribution is 6.17. The van der Waals surface area contributed by atoms with Gasteiger partial charge in [-0.15, -0.1) is 11.6 Å². The summed E-state index contributed by atoms with van der Waals surface area (Å²) in [6.45, 7) is 4.07. The number of hydrogen-bond acceptors (Lipinski definition) is 1. The van der Waals surface area contributed by atoms with Crippen LogP contribution in [0.25, 0.3) is 0 Å². The van der Waals surface area contributed by atoms with E-state index in [1.807, 2.05) is 13.8 Å². The Balaban J connectivity index is 2.17. The van der Waals surface area contributed by atoms with Crippen LogP contribution in [0.2, 0.25) is 0 Å². The molecular weight excluding hydrogens is 198 g/mol. The van der Waals surface area contributed by atoms with Crippen LogP contribution in [0.4, 0.5) is 0 Å². The highest BCUT2D eigenvalue weighted by Gasteiger charge is 2.32. The fraction of sp³-hybridized carbons (Fsp3) is 0.909. The number of alkyl halides is 1. The maximum Gasteiger partial charge on any atom is 0.223 e. The molecule has 0 heterocycles. The van der Waals surface area contributed by atoms with Crippen molar-refractivity contribution >= 4 is 17.5 Å². The van der Waals surface area contributed by atoms with Crippen molar-refractivity contribution in [1.29, 1.82) is 0 Å². The summed E-state index contributed by atoms with van der Waals surface area (Å²) in [5.41, 5.74) is 0. The van der Waals surface area contributed by atoms with Crippen LogP contribution in [0, 0.1) is 11.8 Å². The van der Waals surface area contributed by atoms with Crippen molar-refractivity contribution < 1.29 is 4.79 Å². The zero-order valence-electron chi connectivity index (χ0n) is 9.05. The van der Waals surface area contributed by atoms with Gasteiger partial charge < -0.3 is 5.32 Å². The molecule has 0 spiro atoms. The van der Waals surface area contributed by atoms with E-state index in [9.17, 15) is 4.79 Å². The third-order valence-corrected chi connectivity index (χ3v) is 3.17. The highest BCUT2D eigenvalue weighted by atomic mass is 35.5. The first-order valence-corrected chi connectivity index (χ1v) is 6.05. The molecule has 1 aliphatic carbocycles. The third-order valence-electron chi connectivity index (χ3n) is 2.90. The number of carbonyl (C=O) groups is 1. The van der Waals surface area contributed by atoms with E-state index in [1.165, 1.54) is 12.8 Å². The maximum atomic E-state index is 11.7. The van der Waals surface area contributed by atoms with Crippen LogP contribution in [0.5, 0.6) is 0 Å². The van der Waals surface area contributed by atoms with Crippen LogP contribution in [0.1, 0.15) is 39.5 Å². The van der Waals surface area contributed by atoms with Crippen LogP contribution in [-0.2, 0) is 4.79 Å². The van der Waals surface area contributed by atoms with Gasteiger partial charge in [0.2, 0.25) is 5.91 Å². The fourth-order valence-electron chi connectivity index (χ4n) is 1.64. The van der Waals surface area contributed by atoms with Gasteiger partial charge in [-0.1, -0.05) is 6.92 Å². The largest absolute Gasteiger partial charge is 0.353 e. The Morgan fingerprint density at radius 2 is 2.14 bits per heavy atom. The Morgan fingerprint density at radius 3 is 2.64 bits per heavy atom. The molecule has 0 aromatic heterocycles. The van der Waals surface area contributed by atoms with Crippen LogP contribution in [0.3, 0.4) is 0 Å². The van der Waals surface area contributed by atoms with Gasteiger partial charge in [0.05, 0.1) is 0 Å². The molecule has 0 bridgehead atoms. The molecule has 0 aliphatic heterocycles. The zero-order valence-corrected chi connectivity index (χ0v) is 9.81. The van der Waals surface area contributed by atoms with Crippen LogP contribution < -0.4 is 5.32 Å². The molecule has 2 unspecified atom stereocenters. The minimum Gasteiger partial charge on any atom is -0.353 e. The lowest BCUT2D eigenvalue weighted by Crippen LogP contribution is -2.37. The molecule has 0 aromatic rings. The molecule has 2 nitrogen and oxygen atoms in total. The Kier molecular flexibility index (Phi) is 4.73. The van der Waals surface area contributed by atoms with Gasteiger partial charge in [0.25, 0.3) is 0 Å². The molecule has 0 saturated heterocycles. The van der Waals surface area contributed by atoms with Crippen molar-refractivity contribution in [2.45, 2.75) is 45.6 Å². The second-order valence-electron chi connectivity index (χ2n) is 4.37. The SMILES string of the molecule is CC(CCCCl)NC(=O)C(C)C1CC1. The van der Waals surface area contributed by atoms with E-state index in [4.69, 9.17) is 11.6 Å². The number of amides is 1. The van der Waals surface area contributed by atoms with Crippen molar-refractivity contribution in [2.24, 2.45) is 11.8 Å². The quantitative estimate of drug-likeness (QED) is 0.681. The second kappa shape index (κ2) is 5.59. The predicted octanol–water partition coefficient (Wildman–Crippen LogP) is 2.56. The first kappa shape index (κ1) is 11.8. The standard InChI is InChI=1S/C11H20ClNO/c1-8(4-3-7-12)13-11(14)9(2)10-5-6-10/h8-10H,3-7H2,1-2H3,(H,13,14). The summed E-state index contributed by atoms with van der Waals surface area (Å²) >= 11 is 5.59. The fourth-order valence-corrected chi connectivity index (χ4v) is 1.79. The number of carbonyl (C=O) groups excluding carboxylic acids is 1. The first-order chi connectivity index (χ1) is 6.65. The molecule has 1 saturated carbocycles. The summed E-state index contributed by atoms with van der Waals surface area (Å²) in [4.78, 5) is 11.7.